The van der Waals surface area contributed by atoms with Crippen molar-refractivity contribution in [1.29, 1.82) is 0 Å². The van der Waals surface area contributed by atoms with E-state index in [0.29, 0.717) is 22.1 Å². The van der Waals surface area contributed by atoms with Crippen LogP contribution in [0.1, 0.15) is 23.2 Å². The molecule has 1 aliphatic heterocycles. The number of amides is 1. The summed E-state index contributed by atoms with van der Waals surface area (Å²) in [6.07, 6.45) is 6.89. The largest absolute Gasteiger partial charge is 0.497 e. The first kappa shape index (κ1) is 25.0. The first-order valence-electron chi connectivity index (χ1n) is 10.8. The second-order valence-electron chi connectivity index (χ2n) is 8.05. The molecular weight excluding hydrogens is 583 g/mol. The van der Waals surface area contributed by atoms with Crippen LogP contribution in [-0.2, 0) is 9.53 Å². The van der Waals surface area contributed by atoms with Crippen molar-refractivity contribution in [2.75, 3.05) is 24.9 Å². The van der Waals surface area contributed by atoms with Gasteiger partial charge in [-0.2, -0.15) is 0 Å². The average molecular weight is 609 g/mol. The molecule has 34 heavy (non-hydrogen) atoms. The van der Waals surface area contributed by atoms with Gasteiger partial charge >= 0.3 is 5.97 Å². The van der Waals surface area contributed by atoms with Gasteiger partial charge in [0.15, 0.2) is 4.32 Å². The molecule has 2 aromatic carbocycles. The zero-order valence-corrected chi connectivity index (χ0v) is 22.6. The maximum atomic E-state index is 13.9. The number of nitrogens with zero attached hydrogens (tertiary/aromatic N) is 2. The third kappa shape index (κ3) is 4.70. The average Bonchev–Trinajstić information content (AvgIpc) is 2.99. The van der Waals surface area contributed by atoms with Crippen LogP contribution in [-0.4, -0.2) is 51.1 Å². The molecule has 0 radical (unpaired) electrons. The number of carbonyl (C=O) groups excluding carboxylic acids is 2. The number of benzene rings is 2. The van der Waals surface area contributed by atoms with Gasteiger partial charge < -0.3 is 9.47 Å². The molecule has 0 spiro atoms. The Hall–Kier alpha value is -2.11. The van der Waals surface area contributed by atoms with Gasteiger partial charge in [-0.15, -0.1) is 0 Å². The predicted octanol–water partition coefficient (Wildman–Crippen LogP) is 5.27. The number of para-hydroxylation sites is 1. The minimum atomic E-state index is -0.759. The summed E-state index contributed by atoms with van der Waals surface area (Å²) in [5, 5.41) is 3.40. The summed E-state index contributed by atoms with van der Waals surface area (Å²) in [4.78, 5) is 26.8. The molecule has 0 N–H and O–H groups in total. The van der Waals surface area contributed by atoms with Gasteiger partial charge in [0.25, 0.3) is 5.91 Å². The van der Waals surface area contributed by atoms with Crippen LogP contribution in [0.2, 0.25) is 0 Å². The molecule has 0 saturated carbocycles. The summed E-state index contributed by atoms with van der Waals surface area (Å²) in [6.45, 7) is 0.284. The van der Waals surface area contributed by atoms with E-state index in [9.17, 15) is 9.59 Å². The first-order chi connectivity index (χ1) is 16.4. The topological polar surface area (TPSA) is 59.1 Å². The van der Waals surface area contributed by atoms with Crippen molar-refractivity contribution in [3.8, 4) is 5.75 Å². The van der Waals surface area contributed by atoms with Gasteiger partial charge in [-0.25, -0.2) is 10.0 Å². The number of thiocarbonyl (C=S) groups is 1. The van der Waals surface area contributed by atoms with E-state index in [2.05, 4.69) is 22.6 Å². The predicted molar refractivity (Wildman–Crippen MR) is 148 cm³/mol. The summed E-state index contributed by atoms with van der Waals surface area (Å²) in [5.74, 6) is 0.231. The van der Waals surface area contributed by atoms with E-state index in [1.165, 1.54) is 11.8 Å². The van der Waals surface area contributed by atoms with Crippen LogP contribution in [0.3, 0.4) is 0 Å². The van der Waals surface area contributed by atoms with Gasteiger partial charge in [-0.05, 0) is 49.1 Å². The lowest BCUT2D eigenvalue weighted by Gasteiger charge is -2.38. The fourth-order valence-electron chi connectivity index (χ4n) is 4.28. The number of ether oxygens (including phenoxy) is 2. The zero-order chi connectivity index (χ0) is 24.3. The lowest BCUT2D eigenvalue weighted by molar-refractivity contribution is -0.146. The number of thioether (sulfide) groups is 1. The number of anilines is 1. The number of hydrazine groups is 1. The van der Waals surface area contributed by atoms with Gasteiger partial charge in [-0.1, -0.05) is 76.9 Å². The molecule has 1 amide bonds. The van der Waals surface area contributed by atoms with E-state index in [-0.39, 0.29) is 28.4 Å². The van der Waals surface area contributed by atoms with Crippen LogP contribution in [0.5, 0.6) is 5.75 Å². The molecule has 2 aliphatic rings. The number of halogens is 1. The fraction of sp³-hybridized carbons (Fsp3) is 0.320. The molecule has 1 heterocycles. The van der Waals surface area contributed by atoms with Crippen molar-refractivity contribution in [2.45, 2.75) is 22.9 Å². The molecule has 9 heteroatoms. The number of esters is 1. The van der Waals surface area contributed by atoms with Crippen molar-refractivity contribution >= 4 is 68.5 Å². The highest BCUT2D eigenvalue weighted by molar-refractivity contribution is 14.1. The molecule has 1 saturated heterocycles. The van der Waals surface area contributed by atoms with Crippen LogP contribution < -0.4 is 9.75 Å². The second kappa shape index (κ2) is 10.7. The molecule has 0 aromatic heterocycles. The van der Waals surface area contributed by atoms with Gasteiger partial charge in [0, 0.05) is 18.5 Å². The van der Waals surface area contributed by atoms with Crippen molar-refractivity contribution in [1.82, 2.24) is 5.01 Å². The van der Waals surface area contributed by atoms with Crippen LogP contribution in [0, 0.1) is 5.41 Å². The summed E-state index contributed by atoms with van der Waals surface area (Å²) in [5.41, 5.74) is 0.518. The smallest absolute Gasteiger partial charge is 0.317 e. The molecular formula is C25H25IN2O4S2. The lowest BCUT2D eigenvalue weighted by atomic mass is 9.77. The first-order valence-corrected chi connectivity index (χ1v) is 13.7. The van der Waals surface area contributed by atoms with E-state index in [0.717, 1.165) is 12.1 Å². The van der Waals surface area contributed by atoms with Gasteiger partial charge in [0.1, 0.15) is 17.3 Å². The number of carbonyl (C=O) groups is 2. The third-order valence-electron chi connectivity index (χ3n) is 6.14. The highest BCUT2D eigenvalue weighted by Crippen LogP contribution is 2.48. The van der Waals surface area contributed by atoms with E-state index < -0.39 is 5.41 Å². The van der Waals surface area contributed by atoms with Gasteiger partial charge in [0.05, 0.1) is 16.7 Å². The maximum Gasteiger partial charge on any atom is 0.317 e. The quantitative estimate of drug-likeness (QED) is 0.111. The van der Waals surface area contributed by atoms with E-state index in [1.807, 2.05) is 48.7 Å². The van der Waals surface area contributed by atoms with Crippen molar-refractivity contribution in [3.05, 3.63) is 72.3 Å². The minimum absolute atomic E-state index is 0.0122. The zero-order valence-electron chi connectivity index (χ0n) is 18.8. The van der Waals surface area contributed by atoms with Crippen molar-refractivity contribution in [3.63, 3.8) is 0 Å². The monoisotopic (exact) mass is 608 g/mol. The highest BCUT2D eigenvalue weighted by atomic mass is 127. The van der Waals surface area contributed by atoms with E-state index in [4.69, 9.17) is 21.7 Å². The number of fused-ring (bicyclic) bond motifs is 2. The Morgan fingerprint density at radius 1 is 1.24 bits per heavy atom. The summed E-state index contributed by atoms with van der Waals surface area (Å²) >= 11 is 9.39. The SMILES string of the molecule is COc1ccc(C(=O)N(CCC23C=CCC(OC2=O)C3I)N(C(=S)SC)c2ccccc2)cc1. The Bertz CT molecular complexity index is 1100. The number of hydrogen-bond acceptors (Lipinski definition) is 6. The summed E-state index contributed by atoms with van der Waals surface area (Å²) in [7, 11) is 1.59. The van der Waals surface area contributed by atoms with Gasteiger partial charge in [0.2, 0.25) is 0 Å². The Labute approximate surface area is 222 Å². The molecule has 3 unspecified atom stereocenters. The van der Waals surface area contributed by atoms with E-state index >= 15 is 0 Å². The van der Waals surface area contributed by atoms with Gasteiger partial charge in [-0.3, -0.25) is 9.59 Å². The molecule has 3 atom stereocenters. The number of alkyl halides is 1. The Kier molecular flexibility index (Phi) is 7.83. The Balaban J connectivity index is 1.71. The number of methoxy groups -OCH3 is 1. The van der Waals surface area contributed by atoms with Crippen molar-refractivity contribution < 1.29 is 19.1 Å². The second-order valence-corrected chi connectivity index (χ2v) is 10.8. The fourth-order valence-corrected chi connectivity index (χ4v) is 6.07. The number of rotatable bonds is 6. The van der Waals surface area contributed by atoms with Crippen LogP contribution >= 0.6 is 46.6 Å². The van der Waals surface area contributed by atoms with Crippen molar-refractivity contribution in [2.24, 2.45) is 5.41 Å². The van der Waals surface area contributed by atoms with E-state index in [1.54, 1.807) is 41.4 Å². The molecule has 6 nitrogen and oxygen atoms in total. The third-order valence-corrected chi connectivity index (χ3v) is 9.25. The normalized spacial score (nSPS) is 22.7. The molecule has 2 bridgehead atoms. The van der Waals surface area contributed by atoms with Crippen LogP contribution in [0.15, 0.2) is 66.7 Å². The minimum Gasteiger partial charge on any atom is -0.497 e. The summed E-state index contributed by atoms with van der Waals surface area (Å²) < 4.78 is 11.4. The molecule has 2 aromatic rings. The lowest BCUT2D eigenvalue weighted by Crippen LogP contribution is -2.51. The Morgan fingerprint density at radius 3 is 2.59 bits per heavy atom. The van der Waals surface area contributed by atoms with Crippen LogP contribution in [0.25, 0.3) is 0 Å². The maximum absolute atomic E-state index is 13.9. The summed E-state index contributed by atoms with van der Waals surface area (Å²) in [6, 6.07) is 16.5. The highest BCUT2D eigenvalue weighted by Gasteiger charge is 2.56. The Morgan fingerprint density at radius 2 is 1.94 bits per heavy atom. The van der Waals surface area contributed by atoms with Crippen LogP contribution in [0.4, 0.5) is 5.69 Å². The standard InChI is InChI=1S/C25H25IN2O4S2/c1-31-19-12-10-17(11-13-19)22(29)27(28(24(33)34-2)18-7-4-3-5-8-18)16-15-25-14-6-9-20(21(25)26)32-23(25)30/h3-8,10-14,20-21H,9,15-16H2,1-2H3. The molecule has 4 rings (SSSR count). The molecule has 178 valence electrons. The number of hydrogen-bond donors (Lipinski definition) is 0. The molecule has 1 aliphatic carbocycles. The molecule has 1 fully saturated rings.